The molecule has 0 bridgehead atoms. The van der Waals surface area contributed by atoms with Gasteiger partial charge in [-0.1, -0.05) is 31.2 Å². The summed E-state index contributed by atoms with van der Waals surface area (Å²) < 4.78 is 0. The molecule has 92 valence electrons. The fourth-order valence-corrected chi connectivity index (χ4v) is 2.98. The third-order valence-corrected chi connectivity index (χ3v) is 4.11. The zero-order valence-corrected chi connectivity index (χ0v) is 10.6. The largest absolute Gasteiger partial charge is 0.352 e. The standard InChI is InChI=1S/C16H17NO/c1-3-9-16(2)10-8-12-11-6-4-5-7-13(11)17-14(12)15(16)18/h3-7,17H,1,8-10H2,2H3. The van der Waals surface area contributed by atoms with Crippen molar-refractivity contribution in [3.63, 3.8) is 0 Å². The molecule has 1 aromatic carbocycles. The third-order valence-electron chi connectivity index (χ3n) is 4.11. The van der Waals surface area contributed by atoms with Crippen molar-refractivity contribution in [1.29, 1.82) is 0 Å². The van der Waals surface area contributed by atoms with Gasteiger partial charge >= 0.3 is 0 Å². The third kappa shape index (κ3) is 1.45. The van der Waals surface area contributed by atoms with Crippen LogP contribution in [-0.2, 0) is 6.42 Å². The first-order valence-electron chi connectivity index (χ1n) is 6.41. The molecule has 1 heterocycles. The lowest BCUT2D eigenvalue weighted by Gasteiger charge is -2.30. The quantitative estimate of drug-likeness (QED) is 0.793. The smallest absolute Gasteiger partial charge is 0.185 e. The summed E-state index contributed by atoms with van der Waals surface area (Å²) in [7, 11) is 0. The van der Waals surface area contributed by atoms with E-state index in [0.717, 1.165) is 30.5 Å². The SMILES string of the molecule is C=CCC1(C)CCc2c([nH]c3ccccc23)C1=O. The Hall–Kier alpha value is -1.83. The van der Waals surface area contributed by atoms with Crippen LogP contribution in [0.5, 0.6) is 0 Å². The zero-order chi connectivity index (χ0) is 12.8. The average Bonchev–Trinajstić information content (AvgIpc) is 2.74. The van der Waals surface area contributed by atoms with E-state index < -0.39 is 0 Å². The van der Waals surface area contributed by atoms with Crippen molar-refractivity contribution in [2.24, 2.45) is 5.41 Å². The van der Waals surface area contributed by atoms with Gasteiger partial charge in [0.05, 0.1) is 5.69 Å². The van der Waals surface area contributed by atoms with Crippen molar-refractivity contribution in [2.45, 2.75) is 26.2 Å². The van der Waals surface area contributed by atoms with Gasteiger partial charge in [-0.3, -0.25) is 4.79 Å². The van der Waals surface area contributed by atoms with Crippen LogP contribution in [0, 0.1) is 5.41 Å². The maximum absolute atomic E-state index is 12.6. The van der Waals surface area contributed by atoms with E-state index in [2.05, 4.69) is 17.6 Å². The predicted molar refractivity (Wildman–Crippen MR) is 73.9 cm³/mol. The minimum atomic E-state index is -0.282. The summed E-state index contributed by atoms with van der Waals surface area (Å²) in [5.74, 6) is 0.236. The molecule has 1 N–H and O–H groups in total. The van der Waals surface area contributed by atoms with Crippen LogP contribution in [0.25, 0.3) is 10.9 Å². The number of aryl methyl sites for hydroxylation is 1. The van der Waals surface area contributed by atoms with E-state index in [-0.39, 0.29) is 11.2 Å². The van der Waals surface area contributed by atoms with E-state index >= 15 is 0 Å². The lowest BCUT2D eigenvalue weighted by atomic mass is 9.72. The second-order valence-electron chi connectivity index (χ2n) is 5.41. The molecule has 1 aliphatic rings. The number of aromatic nitrogens is 1. The summed E-state index contributed by atoms with van der Waals surface area (Å²) in [6.07, 6.45) is 4.48. The van der Waals surface area contributed by atoms with Gasteiger partial charge in [-0.2, -0.15) is 0 Å². The number of nitrogens with one attached hydrogen (secondary N) is 1. The highest BCUT2D eigenvalue weighted by molar-refractivity contribution is 6.06. The number of Topliss-reactive ketones (excluding diaryl/α,β-unsaturated/α-hetero) is 1. The van der Waals surface area contributed by atoms with Crippen LogP contribution in [-0.4, -0.2) is 10.8 Å². The van der Waals surface area contributed by atoms with E-state index in [1.165, 1.54) is 10.9 Å². The fraction of sp³-hybridized carbons (Fsp3) is 0.312. The molecule has 0 fully saturated rings. The molecular weight excluding hydrogens is 222 g/mol. The highest BCUT2D eigenvalue weighted by atomic mass is 16.1. The van der Waals surface area contributed by atoms with E-state index in [1.54, 1.807) is 0 Å². The molecule has 1 aromatic heterocycles. The number of para-hydroxylation sites is 1. The molecule has 1 unspecified atom stereocenters. The predicted octanol–water partition coefficient (Wildman–Crippen LogP) is 3.88. The fourth-order valence-electron chi connectivity index (χ4n) is 2.98. The van der Waals surface area contributed by atoms with Crippen LogP contribution in [0.2, 0.25) is 0 Å². The monoisotopic (exact) mass is 239 g/mol. The molecule has 2 heteroatoms. The van der Waals surface area contributed by atoms with Crippen molar-refractivity contribution in [1.82, 2.24) is 4.98 Å². The number of rotatable bonds is 2. The van der Waals surface area contributed by atoms with Gasteiger partial charge < -0.3 is 4.98 Å². The Bertz CT molecular complexity index is 638. The van der Waals surface area contributed by atoms with Crippen LogP contribution in [0.3, 0.4) is 0 Å². The summed E-state index contributed by atoms with van der Waals surface area (Å²) >= 11 is 0. The van der Waals surface area contributed by atoms with Gasteiger partial charge in [0.15, 0.2) is 5.78 Å². The molecule has 1 aliphatic carbocycles. The van der Waals surface area contributed by atoms with Crippen molar-refractivity contribution in [2.75, 3.05) is 0 Å². The van der Waals surface area contributed by atoms with Gasteiger partial charge in [0.25, 0.3) is 0 Å². The first-order chi connectivity index (χ1) is 8.65. The number of fused-ring (bicyclic) bond motifs is 3. The van der Waals surface area contributed by atoms with Gasteiger partial charge in [0.2, 0.25) is 0 Å². The highest BCUT2D eigenvalue weighted by Crippen LogP contribution is 2.40. The van der Waals surface area contributed by atoms with E-state index in [0.29, 0.717) is 0 Å². The van der Waals surface area contributed by atoms with Gasteiger partial charge in [0, 0.05) is 16.3 Å². The maximum Gasteiger partial charge on any atom is 0.185 e. The molecular formula is C16H17NO. The summed E-state index contributed by atoms with van der Waals surface area (Å²) in [6, 6.07) is 8.15. The number of carbonyl (C=O) groups is 1. The number of carbonyl (C=O) groups excluding carboxylic acids is 1. The molecule has 0 amide bonds. The Morgan fingerprint density at radius 3 is 3.00 bits per heavy atom. The molecule has 0 aliphatic heterocycles. The second-order valence-corrected chi connectivity index (χ2v) is 5.41. The molecule has 0 radical (unpaired) electrons. The molecule has 0 saturated heterocycles. The van der Waals surface area contributed by atoms with E-state index in [9.17, 15) is 4.79 Å². The molecule has 2 nitrogen and oxygen atoms in total. The summed E-state index contributed by atoms with van der Waals surface area (Å²) in [5, 5.41) is 1.20. The minimum absolute atomic E-state index is 0.236. The van der Waals surface area contributed by atoms with Crippen LogP contribution in [0.1, 0.15) is 35.8 Å². The number of aromatic amines is 1. The number of ketones is 1. The summed E-state index contributed by atoms with van der Waals surface area (Å²) in [4.78, 5) is 15.9. The van der Waals surface area contributed by atoms with Crippen molar-refractivity contribution >= 4 is 16.7 Å². The lowest BCUT2D eigenvalue weighted by molar-refractivity contribution is 0.0784. The highest BCUT2D eigenvalue weighted by Gasteiger charge is 2.39. The molecule has 0 saturated carbocycles. The van der Waals surface area contributed by atoms with Gasteiger partial charge in [-0.25, -0.2) is 0 Å². The number of allylic oxidation sites excluding steroid dienone is 1. The van der Waals surface area contributed by atoms with Crippen molar-refractivity contribution in [3.8, 4) is 0 Å². The van der Waals surface area contributed by atoms with Crippen LogP contribution in [0.4, 0.5) is 0 Å². The number of hydrogen-bond donors (Lipinski definition) is 1. The van der Waals surface area contributed by atoms with E-state index in [1.807, 2.05) is 31.2 Å². The normalized spacial score (nSPS) is 23.1. The molecule has 0 spiro atoms. The van der Waals surface area contributed by atoms with Crippen LogP contribution >= 0.6 is 0 Å². The van der Waals surface area contributed by atoms with Gasteiger partial charge in [-0.15, -0.1) is 6.58 Å². The van der Waals surface area contributed by atoms with Gasteiger partial charge in [-0.05, 0) is 30.9 Å². The Morgan fingerprint density at radius 1 is 1.44 bits per heavy atom. The van der Waals surface area contributed by atoms with Gasteiger partial charge in [0.1, 0.15) is 0 Å². The van der Waals surface area contributed by atoms with Crippen molar-refractivity contribution in [3.05, 3.63) is 48.2 Å². The van der Waals surface area contributed by atoms with E-state index in [4.69, 9.17) is 0 Å². The zero-order valence-electron chi connectivity index (χ0n) is 10.6. The maximum atomic E-state index is 12.6. The summed E-state index contributed by atoms with van der Waals surface area (Å²) in [6.45, 7) is 5.82. The molecule has 3 rings (SSSR count). The average molecular weight is 239 g/mol. The molecule has 18 heavy (non-hydrogen) atoms. The first-order valence-corrected chi connectivity index (χ1v) is 6.41. The number of H-pyrrole nitrogens is 1. The Labute approximate surface area is 107 Å². The Balaban J connectivity index is 2.17. The topological polar surface area (TPSA) is 32.9 Å². The second kappa shape index (κ2) is 3.84. The summed E-state index contributed by atoms with van der Waals surface area (Å²) in [5.41, 5.74) is 2.79. The lowest BCUT2D eigenvalue weighted by Crippen LogP contribution is -2.32. The van der Waals surface area contributed by atoms with Crippen molar-refractivity contribution < 1.29 is 4.79 Å². The van der Waals surface area contributed by atoms with Crippen LogP contribution in [0.15, 0.2) is 36.9 Å². The number of hydrogen-bond acceptors (Lipinski definition) is 1. The molecule has 1 atom stereocenters. The molecule has 2 aromatic rings. The number of benzene rings is 1. The minimum Gasteiger partial charge on any atom is -0.352 e. The Kier molecular flexibility index (Phi) is 2.40. The van der Waals surface area contributed by atoms with Crippen LogP contribution < -0.4 is 0 Å². The first kappa shape index (κ1) is 11.3. The Morgan fingerprint density at radius 2 is 2.22 bits per heavy atom.